The molecule has 4 aliphatic carbocycles. The Hall–Kier alpha value is -6.59. The average Bonchev–Trinajstić information content (AvgIpc) is 4.21. The van der Waals surface area contributed by atoms with Crippen molar-refractivity contribution in [2.75, 3.05) is 6.54 Å². The summed E-state index contributed by atoms with van der Waals surface area (Å²) in [6.45, 7) is 1.14. The van der Waals surface area contributed by atoms with Crippen LogP contribution in [0, 0.1) is 29.6 Å². The van der Waals surface area contributed by atoms with Crippen LogP contribution in [0.3, 0.4) is 0 Å². The van der Waals surface area contributed by atoms with Crippen LogP contribution in [0.15, 0.2) is 113 Å². The van der Waals surface area contributed by atoms with Crippen LogP contribution in [0.2, 0.25) is 0 Å². The lowest BCUT2D eigenvalue weighted by Crippen LogP contribution is -2.28. The maximum absolute atomic E-state index is 11.9. The van der Waals surface area contributed by atoms with Crippen molar-refractivity contribution in [2.45, 2.75) is 160 Å². The highest BCUT2D eigenvalue weighted by Gasteiger charge is 2.30. The number of carboxylic acid groups (broad SMARTS) is 1. The van der Waals surface area contributed by atoms with Crippen LogP contribution in [-0.2, 0) is 58.0 Å². The second-order valence-corrected chi connectivity index (χ2v) is 20.4. The number of nitrogens with two attached hydrogens (primary N) is 2. The molecule has 0 saturated heterocycles. The molecule has 4 saturated carbocycles. The first-order chi connectivity index (χ1) is 36.5. The minimum atomic E-state index is -0.713. The summed E-state index contributed by atoms with van der Waals surface area (Å²) < 4.78 is 26.3. The molecular weight excluding hydrogens is 957 g/mol. The molecule has 0 atom stereocenters. The number of aliphatic carboxylic acids is 1. The Morgan fingerprint density at radius 2 is 0.813 bits per heavy atom. The van der Waals surface area contributed by atoms with Gasteiger partial charge in [-0.05, 0) is 137 Å². The molecule has 0 bridgehead atoms. The first-order valence-corrected chi connectivity index (χ1v) is 26.8. The van der Waals surface area contributed by atoms with Gasteiger partial charge in [0.05, 0.1) is 12.5 Å². The summed E-state index contributed by atoms with van der Waals surface area (Å²) in [6.07, 6.45) is 19.0. The smallest absolute Gasteiger partial charge is 0.306 e. The third-order valence-electron chi connectivity index (χ3n) is 14.9. The van der Waals surface area contributed by atoms with Gasteiger partial charge in [-0.1, -0.05) is 91.0 Å². The van der Waals surface area contributed by atoms with E-state index in [9.17, 15) is 24.0 Å². The van der Waals surface area contributed by atoms with Gasteiger partial charge in [0.2, 0.25) is 24.6 Å². The number of ether oxygens (including phenoxy) is 3. The van der Waals surface area contributed by atoms with Gasteiger partial charge in [-0.2, -0.15) is 0 Å². The van der Waals surface area contributed by atoms with Crippen LogP contribution in [-0.4, -0.2) is 67.7 Å². The van der Waals surface area contributed by atoms with E-state index in [1.807, 2.05) is 91.0 Å². The zero-order valence-corrected chi connectivity index (χ0v) is 43.2. The van der Waals surface area contributed by atoms with Crippen molar-refractivity contribution in [3.8, 4) is 0 Å². The number of hydrogen-bond donors (Lipinski definition) is 3. The molecule has 9 rings (SSSR count). The highest BCUT2D eigenvalue weighted by molar-refractivity contribution is 5.82. The van der Waals surface area contributed by atoms with Gasteiger partial charge in [0.15, 0.2) is 0 Å². The van der Waals surface area contributed by atoms with Gasteiger partial charge in [0.25, 0.3) is 0 Å². The number of ketones is 1. The fourth-order valence-electron chi connectivity index (χ4n) is 10.3. The Balaban J connectivity index is 0.000000166. The largest absolute Gasteiger partial charge is 0.481 e. The minimum absolute atomic E-state index is 0.103. The first-order valence-electron chi connectivity index (χ1n) is 26.8. The normalized spacial score (nSPS) is 23.2. The number of Topliss-reactive ketones (excluding diaryl/α,β-unsaturated/α-hetero) is 1. The summed E-state index contributed by atoms with van der Waals surface area (Å²) in [5, 5.41) is 24.2. The number of esters is 3. The van der Waals surface area contributed by atoms with Gasteiger partial charge in [-0.25, -0.2) is 0 Å². The summed E-state index contributed by atoms with van der Waals surface area (Å²) in [5.41, 5.74) is 14.2. The van der Waals surface area contributed by atoms with E-state index < -0.39 is 5.97 Å². The Morgan fingerprint density at radius 3 is 1.13 bits per heavy atom. The molecule has 75 heavy (non-hydrogen) atoms. The number of carbonyl (C=O) groups is 5. The Morgan fingerprint density at radius 1 is 0.480 bits per heavy atom. The average molecular weight is 1030 g/mol. The molecule has 4 aliphatic rings. The van der Waals surface area contributed by atoms with Crippen molar-refractivity contribution in [2.24, 2.45) is 41.1 Å². The van der Waals surface area contributed by atoms with Crippen LogP contribution in [0.1, 0.15) is 162 Å². The molecule has 2 heterocycles. The molecule has 0 aliphatic heterocycles. The predicted octanol–water partition coefficient (Wildman–Crippen LogP) is 10.00. The van der Waals surface area contributed by atoms with Crippen LogP contribution in [0.5, 0.6) is 0 Å². The monoisotopic (exact) mass is 1030 g/mol. The van der Waals surface area contributed by atoms with E-state index in [2.05, 4.69) is 20.4 Å². The summed E-state index contributed by atoms with van der Waals surface area (Å²) in [6, 6.07) is 29.4. The Kier molecular flexibility index (Phi) is 24.6. The molecular formula is C58H76N6O11. The number of hydrogen-bond acceptors (Lipinski definition) is 16. The molecule has 17 nitrogen and oxygen atoms in total. The van der Waals surface area contributed by atoms with Crippen LogP contribution in [0.4, 0.5) is 0 Å². The maximum atomic E-state index is 11.9. The zero-order chi connectivity index (χ0) is 53.0. The minimum Gasteiger partial charge on any atom is -0.481 e. The summed E-state index contributed by atoms with van der Waals surface area (Å²) in [5.74, 6) is 2.20. The molecule has 17 heteroatoms. The van der Waals surface area contributed by atoms with E-state index in [1.165, 1.54) is 12.8 Å². The van der Waals surface area contributed by atoms with E-state index in [0.717, 1.165) is 118 Å². The number of aromatic nitrogens is 4. The van der Waals surface area contributed by atoms with Crippen molar-refractivity contribution in [3.05, 3.63) is 132 Å². The van der Waals surface area contributed by atoms with E-state index in [0.29, 0.717) is 81.6 Å². The molecule has 3 aromatic carbocycles. The molecule has 0 radical (unpaired) electrons. The van der Waals surface area contributed by atoms with Crippen LogP contribution < -0.4 is 11.5 Å². The lowest BCUT2D eigenvalue weighted by molar-refractivity contribution is -0.148. The van der Waals surface area contributed by atoms with E-state index in [-0.39, 0.29) is 48.0 Å². The molecule has 5 N–H and O–H groups in total. The van der Waals surface area contributed by atoms with Gasteiger partial charge in [0, 0.05) is 43.1 Å². The topological polar surface area (TPSA) is 263 Å². The molecule has 404 valence electrons. The highest BCUT2D eigenvalue weighted by Crippen LogP contribution is 2.37. The number of nitrogens with zero attached hydrogens (tertiary/aromatic N) is 4. The standard InChI is InChI=1S/C17H20N2O3.C17H23NO3.C16H20O4.C8H13N3O/c20-16(21-11-14-4-2-1-3-5-14)10-13-6-8-15(9-7-13)17-19-18-12-22-17;18-11-16(19)15-8-6-13(7-9-15)10-17(20)21-12-14-4-2-1-3-5-14;17-15(20-11-13-4-2-1-3-5-13)10-12-6-8-14(9-7-12)16(18)19;9-7-3-1-6(2-4-7)8-11-10-5-12-8/h1-5,12-13,15H,6-11H2;1-5,13,15H,6-12,18H2;1-5,12,14H,6-11H2,(H,18,19);5-7H,1-4,9H2. The Labute approximate surface area is 440 Å². The third kappa shape index (κ3) is 21.3. The molecule has 0 amide bonds. The van der Waals surface area contributed by atoms with Crippen molar-refractivity contribution < 1.29 is 52.1 Å². The second kappa shape index (κ2) is 32.0. The van der Waals surface area contributed by atoms with Crippen LogP contribution in [0.25, 0.3) is 0 Å². The Bertz CT molecular complexity index is 2380. The second-order valence-electron chi connectivity index (χ2n) is 20.4. The lowest BCUT2D eigenvalue weighted by atomic mass is 9.79. The quantitative estimate of drug-likeness (QED) is 0.0577. The fourth-order valence-corrected chi connectivity index (χ4v) is 10.3. The maximum Gasteiger partial charge on any atom is 0.306 e. The van der Waals surface area contributed by atoms with Crippen molar-refractivity contribution in [1.82, 2.24) is 20.4 Å². The lowest BCUT2D eigenvalue weighted by Gasteiger charge is -2.26. The zero-order valence-electron chi connectivity index (χ0n) is 43.2. The van der Waals surface area contributed by atoms with Gasteiger partial charge in [0.1, 0.15) is 25.6 Å². The van der Waals surface area contributed by atoms with Crippen molar-refractivity contribution in [1.29, 1.82) is 0 Å². The van der Waals surface area contributed by atoms with E-state index >= 15 is 0 Å². The van der Waals surface area contributed by atoms with E-state index in [4.69, 9.17) is 39.6 Å². The first kappa shape index (κ1) is 57.7. The van der Waals surface area contributed by atoms with Gasteiger partial charge < -0.3 is 39.6 Å². The van der Waals surface area contributed by atoms with Crippen molar-refractivity contribution >= 4 is 29.7 Å². The number of rotatable bonds is 17. The van der Waals surface area contributed by atoms with Crippen LogP contribution >= 0.6 is 0 Å². The summed E-state index contributed by atoms with van der Waals surface area (Å²) in [4.78, 5) is 57.9. The van der Waals surface area contributed by atoms with Crippen molar-refractivity contribution in [3.63, 3.8) is 0 Å². The fraction of sp³-hybridized carbons (Fsp3) is 0.534. The molecule has 4 fully saturated rings. The molecule has 2 aromatic heterocycles. The highest BCUT2D eigenvalue weighted by atomic mass is 16.5. The molecule has 0 spiro atoms. The van der Waals surface area contributed by atoms with Gasteiger partial charge in [-0.15, -0.1) is 20.4 Å². The molecule has 5 aromatic rings. The number of benzene rings is 3. The van der Waals surface area contributed by atoms with Gasteiger partial charge >= 0.3 is 23.9 Å². The predicted molar refractivity (Wildman–Crippen MR) is 278 cm³/mol. The summed E-state index contributed by atoms with van der Waals surface area (Å²) >= 11 is 0. The van der Waals surface area contributed by atoms with E-state index in [1.54, 1.807) is 0 Å². The summed E-state index contributed by atoms with van der Waals surface area (Å²) in [7, 11) is 0. The molecule has 0 unspecified atom stereocenters. The number of carboxylic acids is 1. The SMILES string of the molecule is NC1CCC(c2nnco2)CC1.NCC(=O)C1CCC(CC(=O)OCc2ccccc2)CC1.O=C(CC1CCC(C(=O)O)CC1)OCc1ccccc1.O=C(CC1CCC(c2nnco2)CC1)OCc1ccccc1. The third-order valence-corrected chi connectivity index (χ3v) is 14.9. The number of carbonyl (C=O) groups excluding carboxylic acids is 4. The van der Waals surface area contributed by atoms with Gasteiger partial charge in [-0.3, -0.25) is 24.0 Å².